The second-order valence-electron chi connectivity index (χ2n) is 4.51. The summed E-state index contributed by atoms with van der Waals surface area (Å²) in [4.78, 5) is 33.6. The lowest BCUT2D eigenvalue weighted by Gasteiger charge is -2.08. The topological polar surface area (TPSA) is 128 Å². The molecule has 2 amide bonds. The molecule has 0 atom stereocenters. The van der Waals surface area contributed by atoms with Crippen LogP contribution in [0.2, 0.25) is 5.02 Å². The number of benzene rings is 1. The third-order valence-corrected chi connectivity index (χ3v) is 4.59. The summed E-state index contributed by atoms with van der Waals surface area (Å²) in [5.74, 6) is -1.68. The highest BCUT2D eigenvalue weighted by molar-refractivity contribution is 7.89. The Hall–Kier alpha value is -2.17. The van der Waals surface area contributed by atoms with Crippen LogP contribution in [0.25, 0.3) is 0 Å². The normalized spacial score (nSPS) is 10.8. The largest absolute Gasteiger partial charge is 0.456 e. The molecule has 0 saturated carbocycles. The van der Waals surface area contributed by atoms with Crippen LogP contribution >= 0.6 is 11.6 Å². The number of sulfonamides is 1. The lowest BCUT2D eigenvalue weighted by Crippen LogP contribution is -2.35. The van der Waals surface area contributed by atoms with Gasteiger partial charge in [-0.15, -0.1) is 0 Å². The van der Waals surface area contributed by atoms with Gasteiger partial charge < -0.3 is 9.47 Å². The van der Waals surface area contributed by atoms with E-state index >= 15 is 0 Å². The van der Waals surface area contributed by atoms with Crippen molar-refractivity contribution in [1.82, 2.24) is 10.0 Å². The molecular formula is C14H17ClN2O7S. The predicted molar refractivity (Wildman–Crippen MR) is 87.4 cm³/mol. The fourth-order valence-electron chi connectivity index (χ4n) is 1.56. The van der Waals surface area contributed by atoms with Crippen LogP contribution in [0.3, 0.4) is 0 Å². The van der Waals surface area contributed by atoms with Crippen molar-refractivity contribution in [3.63, 3.8) is 0 Å². The second kappa shape index (κ2) is 9.97. The van der Waals surface area contributed by atoms with Crippen molar-refractivity contribution in [1.29, 1.82) is 0 Å². The number of ether oxygens (including phenoxy) is 2. The van der Waals surface area contributed by atoms with Gasteiger partial charge in [0.15, 0.2) is 6.61 Å². The van der Waals surface area contributed by atoms with E-state index in [1.54, 1.807) is 13.0 Å². The van der Waals surface area contributed by atoms with Crippen LogP contribution in [0.15, 0.2) is 29.2 Å². The maximum Gasteiger partial charge on any atom is 0.413 e. The minimum Gasteiger partial charge on any atom is -0.456 e. The van der Waals surface area contributed by atoms with Gasteiger partial charge in [0.1, 0.15) is 4.90 Å². The summed E-state index contributed by atoms with van der Waals surface area (Å²) in [6, 6.07) is 5.84. The first-order chi connectivity index (χ1) is 11.8. The maximum atomic E-state index is 12.0. The minimum atomic E-state index is -3.87. The molecule has 0 bridgehead atoms. The maximum absolute atomic E-state index is 12.0. The van der Waals surface area contributed by atoms with Crippen LogP contribution in [0.1, 0.15) is 13.3 Å². The van der Waals surface area contributed by atoms with Crippen molar-refractivity contribution < 1.29 is 32.3 Å². The number of rotatable bonds is 8. The van der Waals surface area contributed by atoms with E-state index in [9.17, 15) is 22.8 Å². The Balaban J connectivity index is 2.36. The first kappa shape index (κ1) is 20.9. The number of carbonyl (C=O) groups excluding carboxylic acids is 3. The molecule has 1 aromatic carbocycles. The van der Waals surface area contributed by atoms with Gasteiger partial charge in [-0.3, -0.25) is 14.9 Å². The molecule has 0 aliphatic rings. The summed E-state index contributed by atoms with van der Waals surface area (Å²) in [5.41, 5.74) is 0. The zero-order valence-corrected chi connectivity index (χ0v) is 14.9. The number of esters is 1. The number of hydrogen-bond acceptors (Lipinski definition) is 7. The number of halogens is 1. The standard InChI is InChI=1S/C14H17ClN2O7S/c1-2-23-14(20)17-12(18)9-24-13(19)7-8-16-25(21,22)11-6-4-3-5-10(11)15/h3-6,16H,2,7-9H2,1H3,(H,17,18,20). The number of carbonyl (C=O) groups is 3. The van der Waals surface area contributed by atoms with Crippen molar-refractivity contribution in [2.24, 2.45) is 0 Å². The first-order valence-electron chi connectivity index (χ1n) is 7.12. The van der Waals surface area contributed by atoms with Crippen molar-refractivity contribution >= 4 is 39.6 Å². The van der Waals surface area contributed by atoms with Gasteiger partial charge in [-0.05, 0) is 19.1 Å². The fraction of sp³-hybridized carbons (Fsp3) is 0.357. The molecule has 1 rings (SSSR count). The molecule has 0 unspecified atom stereocenters. The van der Waals surface area contributed by atoms with E-state index in [1.165, 1.54) is 18.2 Å². The number of amides is 2. The smallest absolute Gasteiger partial charge is 0.413 e. The molecule has 9 nitrogen and oxygen atoms in total. The molecule has 0 aromatic heterocycles. The van der Waals surface area contributed by atoms with Crippen LogP contribution in [0.5, 0.6) is 0 Å². The summed E-state index contributed by atoms with van der Waals surface area (Å²) >= 11 is 5.81. The van der Waals surface area contributed by atoms with Gasteiger partial charge in [0.25, 0.3) is 5.91 Å². The van der Waals surface area contributed by atoms with Gasteiger partial charge >= 0.3 is 12.1 Å². The molecule has 25 heavy (non-hydrogen) atoms. The van der Waals surface area contributed by atoms with Crippen LogP contribution in [0, 0.1) is 0 Å². The molecule has 0 spiro atoms. The predicted octanol–water partition coefficient (Wildman–Crippen LogP) is 0.824. The zero-order chi connectivity index (χ0) is 18.9. The average Bonchev–Trinajstić information content (AvgIpc) is 2.53. The van der Waals surface area contributed by atoms with E-state index in [4.69, 9.17) is 11.6 Å². The lowest BCUT2D eigenvalue weighted by atomic mass is 10.4. The Labute approximate surface area is 149 Å². The van der Waals surface area contributed by atoms with E-state index in [2.05, 4.69) is 14.2 Å². The molecule has 0 saturated heterocycles. The zero-order valence-electron chi connectivity index (χ0n) is 13.3. The Morgan fingerprint density at radius 3 is 2.48 bits per heavy atom. The average molecular weight is 393 g/mol. The summed E-state index contributed by atoms with van der Waals surface area (Å²) in [5, 5.41) is 1.89. The quantitative estimate of drug-likeness (QED) is 0.627. The summed E-state index contributed by atoms with van der Waals surface area (Å²) in [6.07, 6.45) is -1.26. The molecule has 1 aromatic rings. The van der Waals surface area contributed by atoms with Gasteiger partial charge in [0.2, 0.25) is 10.0 Å². The van der Waals surface area contributed by atoms with Crippen molar-refractivity contribution in [2.75, 3.05) is 19.8 Å². The number of alkyl carbamates (subject to hydrolysis) is 1. The van der Waals surface area contributed by atoms with Crippen LogP contribution in [-0.4, -0.2) is 46.1 Å². The Morgan fingerprint density at radius 1 is 1.16 bits per heavy atom. The fourth-order valence-corrected chi connectivity index (χ4v) is 3.11. The molecule has 11 heteroatoms. The molecule has 0 fully saturated rings. The summed E-state index contributed by atoms with van der Waals surface area (Å²) in [7, 11) is -3.87. The SMILES string of the molecule is CCOC(=O)NC(=O)COC(=O)CCNS(=O)(=O)c1ccccc1Cl. The molecule has 0 heterocycles. The second-order valence-corrected chi connectivity index (χ2v) is 6.65. The van der Waals surface area contributed by atoms with Gasteiger partial charge in [-0.25, -0.2) is 17.9 Å². The van der Waals surface area contributed by atoms with E-state index < -0.39 is 34.6 Å². The molecule has 0 aliphatic carbocycles. The van der Waals surface area contributed by atoms with E-state index in [0.29, 0.717) is 0 Å². The molecule has 2 N–H and O–H groups in total. The van der Waals surface area contributed by atoms with Crippen LogP contribution in [-0.2, 0) is 29.1 Å². The first-order valence-corrected chi connectivity index (χ1v) is 8.98. The van der Waals surface area contributed by atoms with Gasteiger partial charge in [-0.2, -0.15) is 0 Å². The molecular weight excluding hydrogens is 376 g/mol. The Kier molecular flexibility index (Phi) is 8.32. The highest BCUT2D eigenvalue weighted by Gasteiger charge is 2.18. The van der Waals surface area contributed by atoms with Gasteiger partial charge in [0.05, 0.1) is 18.1 Å². The molecule has 138 valence electrons. The lowest BCUT2D eigenvalue weighted by molar-refractivity contribution is -0.148. The number of hydrogen-bond donors (Lipinski definition) is 2. The van der Waals surface area contributed by atoms with Gasteiger partial charge in [-0.1, -0.05) is 23.7 Å². The Morgan fingerprint density at radius 2 is 1.84 bits per heavy atom. The van der Waals surface area contributed by atoms with E-state index in [1.807, 2.05) is 5.32 Å². The van der Waals surface area contributed by atoms with Crippen molar-refractivity contribution in [3.05, 3.63) is 29.3 Å². The number of nitrogens with one attached hydrogen (secondary N) is 2. The highest BCUT2D eigenvalue weighted by Crippen LogP contribution is 2.19. The van der Waals surface area contributed by atoms with E-state index in [0.717, 1.165) is 0 Å². The number of imide groups is 1. The van der Waals surface area contributed by atoms with Crippen molar-refractivity contribution in [3.8, 4) is 0 Å². The third kappa shape index (κ3) is 7.50. The van der Waals surface area contributed by atoms with Gasteiger partial charge in [0, 0.05) is 6.54 Å². The molecule has 0 aliphatic heterocycles. The minimum absolute atomic E-state index is 0.0493. The molecule has 0 radical (unpaired) electrons. The summed E-state index contributed by atoms with van der Waals surface area (Å²) in [6.45, 7) is 0.721. The van der Waals surface area contributed by atoms with Crippen LogP contribution < -0.4 is 10.0 Å². The van der Waals surface area contributed by atoms with Crippen LogP contribution in [0.4, 0.5) is 4.79 Å². The third-order valence-electron chi connectivity index (χ3n) is 2.63. The summed E-state index contributed by atoms with van der Waals surface area (Å²) < 4.78 is 35.3. The highest BCUT2D eigenvalue weighted by atomic mass is 35.5. The Bertz CT molecular complexity index is 736. The van der Waals surface area contributed by atoms with E-state index in [-0.39, 0.29) is 29.5 Å². The van der Waals surface area contributed by atoms with Crippen molar-refractivity contribution in [2.45, 2.75) is 18.2 Å². The monoisotopic (exact) mass is 392 g/mol.